The van der Waals surface area contributed by atoms with Gasteiger partial charge in [0.2, 0.25) is 0 Å². The molecule has 1 aliphatic rings. The van der Waals surface area contributed by atoms with E-state index >= 15 is 0 Å². The van der Waals surface area contributed by atoms with Crippen LogP contribution in [0.2, 0.25) is 5.02 Å². The third-order valence-electron chi connectivity index (χ3n) is 6.16. The average molecular weight is 480 g/mol. The zero-order chi connectivity index (χ0) is 24.1. The molecule has 176 valence electrons. The van der Waals surface area contributed by atoms with Crippen molar-refractivity contribution in [1.29, 1.82) is 0 Å². The van der Waals surface area contributed by atoms with Crippen LogP contribution in [0.3, 0.4) is 0 Å². The second kappa shape index (κ2) is 10.9. The fourth-order valence-electron chi connectivity index (χ4n) is 4.37. The molecule has 0 saturated carbocycles. The Morgan fingerprint density at radius 3 is 2.47 bits per heavy atom. The van der Waals surface area contributed by atoms with Gasteiger partial charge in [0.25, 0.3) is 0 Å². The molecule has 1 saturated heterocycles. The molecule has 0 aliphatic carbocycles. The Labute approximate surface area is 204 Å². The quantitative estimate of drug-likeness (QED) is 0.431. The Hall–Kier alpha value is -3.11. The molecule has 1 N–H and O–H groups in total. The van der Waals surface area contributed by atoms with E-state index in [4.69, 9.17) is 28.0 Å². The van der Waals surface area contributed by atoms with Crippen molar-refractivity contribution in [2.75, 3.05) is 31.2 Å². The summed E-state index contributed by atoms with van der Waals surface area (Å²) in [7, 11) is 0. The number of rotatable bonds is 7. The van der Waals surface area contributed by atoms with Gasteiger partial charge in [0.15, 0.2) is 5.69 Å². The number of benzene rings is 3. The first kappa shape index (κ1) is 24.0. The van der Waals surface area contributed by atoms with Gasteiger partial charge in [-0.25, -0.2) is 9.24 Å². The summed E-state index contributed by atoms with van der Waals surface area (Å²) in [5, 5.41) is 9.58. The summed E-state index contributed by atoms with van der Waals surface area (Å²) >= 11 is 6.68. The van der Waals surface area contributed by atoms with Gasteiger partial charge in [-0.2, -0.15) is 0 Å². The molecule has 0 unspecified atom stereocenters. The zero-order valence-electron chi connectivity index (χ0n) is 19.0. The van der Waals surface area contributed by atoms with Crippen LogP contribution in [0.5, 0.6) is 5.75 Å². The van der Waals surface area contributed by atoms with Gasteiger partial charge in [-0.15, -0.1) is 0 Å². The summed E-state index contributed by atoms with van der Waals surface area (Å²) in [4.78, 5) is 8.15. The number of hydrogen-bond donors (Lipinski definition) is 1. The molecular formula is C27H27ClFN3O2. The summed E-state index contributed by atoms with van der Waals surface area (Å²) in [5.41, 5.74) is 3.68. The number of ether oxygens (including phenoxy) is 1. The molecule has 3 aromatic carbocycles. The van der Waals surface area contributed by atoms with Gasteiger partial charge < -0.3 is 14.7 Å². The lowest BCUT2D eigenvalue weighted by Gasteiger charge is -2.47. The topological polar surface area (TPSA) is 40.3 Å². The van der Waals surface area contributed by atoms with Gasteiger partial charge in [-0.1, -0.05) is 48.0 Å². The van der Waals surface area contributed by atoms with E-state index in [0.29, 0.717) is 16.5 Å². The van der Waals surface area contributed by atoms with Crippen LogP contribution < -0.4 is 9.64 Å². The van der Waals surface area contributed by atoms with Gasteiger partial charge >= 0.3 is 0 Å². The van der Waals surface area contributed by atoms with Crippen LogP contribution in [0.4, 0.5) is 15.8 Å². The molecule has 0 radical (unpaired) electrons. The smallest absolute Gasteiger partial charge is 0.187 e. The lowest BCUT2D eigenvalue weighted by atomic mass is 9.98. The largest absolute Gasteiger partial charge is 0.491 e. The molecule has 2 atom stereocenters. The van der Waals surface area contributed by atoms with Crippen LogP contribution >= 0.6 is 11.6 Å². The highest BCUT2D eigenvalue weighted by atomic mass is 35.5. The number of aliphatic hydroxyl groups is 1. The van der Waals surface area contributed by atoms with E-state index in [1.165, 1.54) is 12.1 Å². The fraction of sp³-hybridized carbons (Fsp3) is 0.296. The van der Waals surface area contributed by atoms with Crippen LogP contribution in [0.1, 0.15) is 24.1 Å². The van der Waals surface area contributed by atoms with Gasteiger partial charge in [0, 0.05) is 31.7 Å². The molecule has 1 fully saturated rings. The Balaban J connectivity index is 1.62. The summed E-state index contributed by atoms with van der Waals surface area (Å²) in [6.45, 7) is 11.7. The van der Waals surface area contributed by atoms with E-state index in [9.17, 15) is 4.39 Å². The number of anilines is 1. The number of piperazine rings is 1. The highest BCUT2D eigenvalue weighted by Crippen LogP contribution is 2.38. The minimum Gasteiger partial charge on any atom is -0.491 e. The summed E-state index contributed by atoms with van der Waals surface area (Å²) in [6, 6.07) is 20.1. The van der Waals surface area contributed by atoms with E-state index in [1.807, 2.05) is 48.5 Å². The molecule has 0 spiro atoms. The Bertz CT molecular complexity index is 1150. The van der Waals surface area contributed by atoms with E-state index in [1.54, 1.807) is 6.07 Å². The van der Waals surface area contributed by atoms with Crippen LogP contribution in [0.25, 0.3) is 4.85 Å². The molecule has 1 heterocycles. The maximum absolute atomic E-state index is 13.7. The zero-order valence-corrected chi connectivity index (χ0v) is 19.8. The number of hydrogen-bond acceptors (Lipinski definition) is 4. The highest BCUT2D eigenvalue weighted by Gasteiger charge is 2.33. The molecule has 0 bridgehead atoms. The standard InChI is InChI=1S/C27H27ClFN3O2/c1-19-16-32(26-12-11-24(15-25(26)28)34-14-13-33)27(21-5-7-22(29)8-6-21)18-31(19)17-20-3-9-23(30-2)10-4-20/h3-12,15,19,27,33H,13-14,16-18H2,1H3/t19-,27+/m1/s1. The lowest BCUT2D eigenvalue weighted by Crippen LogP contribution is -2.53. The number of aliphatic hydroxyl groups excluding tert-OH is 1. The van der Waals surface area contributed by atoms with Crippen molar-refractivity contribution in [2.45, 2.75) is 25.6 Å². The number of halogens is 2. The van der Waals surface area contributed by atoms with E-state index < -0.39 is 0 Å². The van der Waals surface area contributed by atoms with E-state index in [-0.39, 0.29) is 31.1 Å². The van der Waals surface area contributed by atoms with Gasteiger partial charge in [0.05, 0.1) is 29.9 Å². The molecular weight excluding hydrogens is 453 g/mol. The molecule has 7 heteroatoms. The Kier molecular flexibility index (Phi) is 7.69. The van der Waals surface area contributed by atoms with Gasteiger partial charge in [-0.05, 0) is 42.3 Å². The van der Waals surface area contributed by atoms with Crippen molar-refractivity contribution in [3.63, 3.8) is 0 Å². The average Bonchev–Trinajstić information content (AvgIpc) is 2.85. The van der Waals surface area contributed by atoms with Crippen molar-refractivity contribution in [3.05, 3.63) is 100 Å². The van der Waals surface area contributed by atoms with Gasteiger partial charge in [0.1, 0.15) is 18.2 Å². The van der Waals surface area contributed by atoms with Crippen LogP contribution in [0, 0.1) is 12.4 Å². The number of nitrogens with zero attached hydrogens (tertiary/aromatic N) is 3. The molecule has 1 aliphatic heterocycles. The SMILES string of the molecule is [C-]#[N+]c1ccc(CN2C[C@@H](c3ccc(F)cc3)N(c3ccc(OCCO)cc3Cl)C[C@H]2C)cc1. The first-order valence-corrected chi connectivity index (χ1v) is 11.6. The third kappa shape index (κ3) is 5.51. The predicted molar refractivity (Wildman–Crippen MR) is 133 cm³/mol. The summed E-state index contributed by atoms with van der Waals surface area (Å²) < 4.78 is 19.2. The first-order valence-electron chi connectivity index (χ1n) is 11.2. The minimum atomic E-state index is -0.264. The van der Waals surface area contributed by atoms with Gasteiger partial charge in [-0.3, -0.25) is 4.90 Å². The minimum absolute atomic E-state index is 0.0268. The molecule has 5 nitrogen and oxygen atoms in total. The second-order valence-corrected chi connectivity index (χ2v) is 8.87. The Morgan fingerprint density at radius 1 is 1.09 bits per heavy atom. The third-order valence-corrected chi connectivity index (χ3v) is 6.47. The fourth-order valence-corrected chi connectivity index (χ4v) is 4.65. The molecule has 3 aromatic rings. The predicted octanol–water partition coefficient (Wildman–Crippen LogP) is 5.85. The monoisotopic (exact) mass is 479 g/mol. The van der Waals surface area contributed by atoms with Crippen molar-refractivity contribution in [3.8, 4) is 5.75 Å². The van der Waals surface area contributed by atoms with Crippen LogP contribution in [-0.4, -0.2) is 42.4 Å². The molecule has 34 heavy (non-hydrogen) atoms. The van der Waals surface area contributed by atoms with Crippen molar-refractivity contribution >= 4 is 23.0 Å². The van der Waals surface area contributed by atoms with E-state index in [2.05, 4.69) is 21.6 Å². The van der Waals surface area contributed by atoms with Crippen molar-refractivity contribution in [1.82, 2.24) is 4.90 Å². The normalized spacial score (nSPS) is 18.5. The maximum Gasteiger partial charge on any atom is 0.187 e. The van der Waals surface area contributed by atoms with Crippen molar-refractivity contribution in [2.24, 2.45) is 0 Å². The molecule has 0 aromatic heterocycles. The van der Waals surface area contributed by atoms with E-state index in [0.717, 1.165) is 36.4 Å². The first-order chi connectivity index (χ1) is 16.5. The van der Waals surface area contributed by atoms with Crippen molar-refractivity contribution < 1.29 is 14.2 Å². The Morgan fingerprint density at radius 2 is 1.82 bits per heavy atom. The second-order valence-electron chi connectivity index (χ2n) is 8.46. The van der Waals surface area contributed by atoms with Crippen LogP contribution in [-0.2, 0) is 6.54 Å². The molecule has 0 amide bonds. The lowest BCUT2D eigenvalue weighted by molar-refractivity contribution is 0.153. The molecule has 4 rings (SSSR count). The summed E-state index contributed by atoms with van der Waals surface area (Å²) in [6.07, 6.45) is 0. The highest BCUT2D eigenvalue weighted by molar-refractivity contribution is 6.33. The van der Waals surface area contributed by atoms with Crippen LogP contribution in [0.15, 0.2) is 66.7 Å². The maximum atomic E-state index is 13.7. The summed E-state index contributed by atoms with van der Waals surface area (Å²) in [5.74, 6) is 0.343.